The third-order valence-electron chi connectivity index (χ3n) is 3.94. The second kappa shape index (κ2) is 5.55. The smallest absolute Gasteiger partial charge is 0.119 e. The van der Waals surface area contributed by atoms with Gasteiger partial charge in [0.1, 0.15) is 5.75 Å². The zero-order chi connectivity index (χ0) is 13.9. The number of ether oxygens (including phenoxy) is 1. The van der Waals surface area contributed by atoms with Crippen LogP contribution in [0.1, 0.15) is 16.7 Å². The van der Waals surface area contributed by atoms with E-state index < -0.39 is 0 Å². The van der Waals surface area contributed by atoms with Crippen molar-refractivity contribution in [1.82, 2.24) is 4.90 Å². The molecule has 0 amide bonds. The predicted molar refractivity (Wildman–Crippen MR) is 81.7 cm³/mol. The Bertz CT molecular complexity index is 610. The molecule has 20 heavy (non-hydrogen) atoms. The van der Waals surface area contributed by atoms with Crippen LogP contribution in [-0.4, -0.2) is 18.6 Å². The maximum absolute atomic E-state index is 6.04. The number of methoxy groups -OCH3 is 1. The van der Waals surface area contributed by atoms with E-state index in [9.17, 15) is 0 Å². The topological polar surface area (TPSA) is 38.5 Å². The monoisotopic (exact) mass is 268 g/mol. The van der Waals surface area contributed by atoms with Gasteiger partial charge >= 0.3 is 0 Å². The lowest BCUT2D eigenvalue weighted by Gasteiger charge is -2.15. The summed E-state index contributed by atoms with van der Waals surface area (Å²) in [5.74, 6) is 0.927. The summed E-state index contributed by atoms with van der Waals surface area (Å²) < 4.78 is 5.26. The number of fused-ring (bicyclic) bond motifs is 1. The summed E-state index contributed by atoms with van der Waals surface area (Å²) >= 11 is 0. The first-order chi connectivity index (χ1) is 9.76. The quantitative estimate of drug-likeness (QED) is 0.867. The van der Waals surface area contributed by atoms with Gasteiger partial charge in [-0.25, -0.2) is 0 Å². The van der Waals surface area contributed by atoms with Crippen molar-refractivity contribution in [1.29, 1.82) is 0 Å². The Morgan fingerprint density at radius 3 is 2.80 bits per heavy atom. The summed E-state index contributed by atoms with van der Waals surface area (Å²) in [6, 6.07) is 14.5. The fourth-order valence-corrected chi connectivity index (χ4v) is 2.79. The predicted octanol–water partition coefficient (Wildman–Crippen LogP) is 2.84. The molecular weight excluding hydrogens is 248 g/mol. The van der Waals surface area contributed by atoms with Gasteiger partial charge in [0.05, 0.1) is 7.11 Å². The fraction of sp³-hybridized carbons (Fsp3) is 0.294. The SMILES string of the molecule is COc1cccc(CCN2Cc3cccc(N)c3C2)c1. The van der Waals surface area contributed by atoms with Crippen LogP contribution in [0.5, 0.6) is 5.75 Å². The molecule has 0 spiro atoms. The van der Waals surface area contributed by atoms with Gasteiger partial charge in [0, 0.05) is 25.3 Å². The Morgan fingerprint density at radius 1 is 1.15 bits per heavy atom. The van der Waals surface area contributed by atoms with Gasteiger partial charge in [-0.3, -0.25) is 4.90 Å². The molecule has 1 aliphatic heterocycles. The summed E-state index contributed by atoms with van der Waals surface area (Å²) in [7, 11) is 1.71. The van der Waals surface area contributed by atoms with E-state index in [0.29, 0.717) is 0 Å². The standard InChI is InChI=1S/C17H20N2O/c1-20-15-6-2-4-13(10-15)8-9-19-11-14-5-3-7-17(18)16(14)12-19/h2-7,10H,8-9,11-12,18H2,1H3. The highest BCUT2D eigenvalue weighted by atomic mass is 16.5. The number of anilines is 1. The van der Waals surface area contributed by atoms with Crippen LogP contribution in [0, 0.1) is 0 Å². The van der Waals surface area contributed by atoms with Gasteiger partial charge in [0.2, 0.25) is 0 Å². The fourth-order valence-electron chi connectivity index (χ4n) is 2.79. The van der Waals surface area contributed by atoms with E-state index in [1.807, 2.05) is 24.3 Å². The average Bonchev–Trinajstić information content (AvgIpc) is 2.90. The van der Waals surface area contributed by atoms with E-state index >= 15 is 0 Å². The number of hydrogen-bond acceptors (Lipinski definition) is 3. The lowest BCUT2D eigenvalue weighted by Crippen LogP contribution is -2.19. The van der Waals surface area contributed by atoms with Crippen LogP contribution in [0.4, 0.5) is 5.69 Å². The third-order valence-corrected chi connectivity index (χ3v) is 3.94. The molecule has 104 valence electrons. The van der Waals surface area contributed by atoms with Crippen LogP contribution < -0.4 is 10.5 Å². The summed E-state index contributed by atoms with van der Waals surface area (Å²) in [5, 5.41) is 0. The van der Waals surface area contributed by atoms with Crippen LogP contribution in [-0.2, 0) is 19.5 Å². The van der Waals surface area contributed by atoms with E-state index in [1.54, 1.807) is 7.11 Å². The molecule has 1 aliphatic rings. The molecule has 0 aromatic heterocycles. The lowest BCUT2D eigenvalue weighted by atomic mass is 10.1. The first-order valence-electron chi connectivity index (χ1n) is 6.98. The highest BCUT2D eigenvalue weighted by Crippen LogP contribution is 2.27. The summed E-state index contributed by atoms with van der Waals surface area (Å²) in [5.41, 5.74) is 10.9. The van der Waals surface area contributed by atoms with Crippen molar-refractivity contribution in [2.45, 2.75) is 19.5 Å². The first kappa shape index (κ1) is 13.0. The molecule has 0 fully saturated rings. The Kier molecular flexibility index (Phi) is 3.61. The second-order valence-corrected chi connectivity index (χ2v) is 5.30. The maximum Gasteiger partial charge on any atom is 0.119 e. The molecule has 2 aromatic carbocycles. The van der Waals surface area contributed by atoms with E-state index in [4.69, 9.17) is 10.5 Å². The number of nitrogens with zero attached hydrogens (tertiary/aromatic N) is 1. The van der Waals surface area contributed by atoms with Crippen molar-refractivity contribution < 1.29 is 4.74 Å². The van der Waals surface area contributed by atoms with Gasteiger partial charge in [-0.1, -0.05) is 24.3 Å². The molecule has 3 nitrogen and oxygen atoms in total. The molecule has 1 heterocycles. The van der Waals surface area contributed by atoms with Crippen molar-refractivity contribution in [3.63, 3.8) is 0 Å². The molecule has 3 rings (SSSR count). The molecule has 0 saturated heterocycles. The Labute approximate surface area is 120 Å². The molecule has 0 radical (unpaired) electrons. The van der Waals surface area contributed by atoms with Gasteiger partial charge in [0.15, 0.2) is 0 Å². The zero-order valence-corrected chi connectivity index (χ0v) is 11.8. The zero-order valence-electron chi connectivity index (χ0n) is 11.8. The van der Waals surface area contributed by atoms with Crippen LogP contribution in [0.3, 0.4) is 0 Å². The maximum atomic E-state index is 6.04. The first-order valence-corrected chi connectivity index (χ1v) is 6.98. The summed E-state index contributed by atoms with van der Waals surface area (Å²) in [4.78, 5) is 2.44. The minimum absolute atomic E-state index is 0.923. The van der Waals surface area contributed by atoms with Gasteiger partial charge < -0.3 is 10.5 Å². The Morgan fingerprint density at radius 2 is 2.00 bits per heavy atom. The van der Waals surface area contributed by atoms with E-state index in [2.05, 4.69) is 23.1 Å². The van der Waals surface area contributed by atoms with Gasteiger partial charge in [-0.05, 0) is 41.3 Å². The number of nitrogens with two attached hydrogens (primary N) is 1. The largest absolute Gasteiger partial charge is 0.497 e. The van der Waals surface area contributed by atoms with Crippen molar-refractivity contribution in [2.24, 2.45) is 0 Å². The highest BCUT2D eigenvalue weighted by Gasteiger charge is 2.20. The Balaban J connectivity index is 1.62. The van der Waals surface area contributed by atoms with Crippen LogP contribution >= 0.6 is 0 Å². The lowest BCUT2D eigenvalue weighted by molar-refractivity contribution is 0.288. The summed E-state index contributed by atoms with van der Waals surface area (Å²) in [6.07, 6.45) is 1.03. The minimum Gasteiger partial charge on any atom is -0.497 e. The highest BCUT2D eigenvalue weighted by molar-refractivity contribution is 5.52. The Hall–Kier alpha value is -2.00. The normalized spacial score (nSPS) is 14.2. The van der Waals surface area contributed by atoms with Gasteiger partial charge in [-0.15, -0.1) is 0 Å². The molecule has 2 aromatic rings. The number of rotatable bonds is 4. The van der Waals surface area contributed by atoms with Crippen LogP contribution in [0.15, 0.2) is 42.5 Å². The molecule has 0 atom stereocenters. The van der Waals surface area contributed by atoms with E-state index in [0.717, 1.165) is 37.5 Å². The summed E-state index contributed by atoms with van der Waals surface area (Å²) in [6.45, 7) is 3.01. The molecule has 0 bridgehead atoms. The van der Waals surface area contributed by atoms with Gasteiger partial charge in [0.25, 0.3) is 0 Å². The van der Waals surface area contributed by atoms with Gasteiger partial charge in [-0.2, -0.15) is 0 Å². The van der Waals surface area contributed by atoms with E-state index in [-0.39, 0.29) is 0 Å². The number of benzene rings is 2. The van der Waals surface area contributed by atoms with Crippen molar-refractivity contribution in [3.05, 3.63) is 59.2 Å². The minimum atomic E-state index is 0.923. The molecule has 0 unspecified atom stereocenters. The molecule has 3 heteroatoms. The van der Waals surface area contributed by atoms with Crippen molar-refractivity contribution in [3.8, 4) is 5.75 Å². The van der Waals surface area contributed by atoms with Crippen molar-refractivity contribution >= 4 is 5.69 Å². The molecule has 0 saturated carbocycles. The van der Waals surface area contributed by atoms with Crippen LogP contribution in [0.25, 0.3) is 0 Å². The second-order valence-electron chi connectivity index (χ2n) is 5.30. The van der Waals surface area contributed by atoms with Crippen molar-refractivity contribution in [2.75, 3.05) is 19.4 Å². The molecular formula is C17H20N2O. The number of hydrogen-bond donors (Lipinski definition) is 1. The third kappa shape index (κ3) is 2.63. The van der Waals surface area contributed by atoms with E-state index in [1.165, 1.54) is 16.7 Å². The average molecular weight is 268 g/mol. The molecule has 2 N–H and O–H groups in total. The van der Waals surface area contributed by atoms with Crippen LogP contribution in [0.2, 0.25) is 0 Å². The molecule has 0 aliphatic carbocycles. The number of nitrogen functional groups attached to an aromatic ring is 1.